The van der Waals surface area contributed by atoms with Crippen LogP contribution in [0.5, 0.6) is 0 Å². The number of carbonyl (C=O) groups is 4. The Balaban J connectivity index is -0.0000000401. The molecule has 0 aromatic heterocycles. The summed E-state index contributed by atoms with van der Waals surface area (Å²) in [4.78, 5) is 46.6. The first-order valence-corrected chi connectivity index (χ1v) is 23.9. The summed E-state index contributed by atoms with van der Waals surface area (Å²) < 4.78 is 25.4. The van der Waals surface area contributed by atoms with Crippen LogP contribution in [0.1, 0.15) is 77.7 Å². The molecule has 0 radical (unpaired) electrons. The molecule has 20 nitrogen and oxygen atoms in total. The molecule has 0 saturated carbocycles. The van der Waals surface area contributed by atoms with Gasteiger partial charge in [0.1, 0.15) is 36.7 Å². The zero-order valence-electron chi connectivity index (χ0n) is 36.2. The van der Waals surface area contributed by atoms with Crippen molar-refractivity contribution in [3.63, 3.8) is 0 Å². The number of hydrogen-bond donors (Lipinski definition) is 10. The Morgan fingerprint density at radius 1 is 0.657 bits per heavy atom. The van der Waals surface area contributed by atoms with Gasteiger partial charge in [-0.25, -0.2) is 9.00 Å². The van der Waals surface area contributed by atoms with Crippen LogP contribution in [0.3, 0.4) is 0 Å². The molecule has 2 aromatic carbocycles. The molecule has 0 fully saturated rings. The van der Waals surface area contributed by atoms with E-state index >= 15 is 0 Å². The number of likely N-dealkylation sites (N-methyl/N-ethyl adjacent to an activating group) is 1. The lowest BCUT2D eigenvalue weighted by Gasteiger charge is -2.18. The third-order valence-electron chi connectivity index (χ3n) is 5.14. The fraction of sp³-hybridized carbons (Fsp3) is 0.571. The van der Waals surface area contributed by atoms with E-state index in [0.717, 1.165) is 17.8 Å². The quantitative estimate of drug-likeness (QED) is 0.0145. The minimum absolute atomic E-state index is 0. The Hall–Kier alpha value is -3.79. The summed E-state index contributed by atoms with van der Waals surface area (Å²) in [7, 11) is 3.12. The fourth-order valence-electron chi connectivity index (χ4n) is 3.23. The number of carboxylic acids is 1. The second-order valence-electron chi connectivity index (χ2n) is 9.69. The van der Waals surface area contributed by atoms with Gasteiger partial charge in [-0.15, -0.1) is 0 Å². The standard InChI is InChI=1S/C13H21N5O.C12H18N4O2.C2H6O2S2.2C2H6S.CH5N.CH4O2S.2CH2O.7CH4.H2O/c1-16-12(19)11(8-5-9-17-13(14)15)18-10-6-3-2-4-7-10;13-12(14)15-8-4-7-10(11(17)18)16-9-5-2-1-3-6-9;1-5-3-4-6-2;2*1-3-2;1-2;1-4(2)3;2*1-2;;;;;;;;/h2-4,6-7,11,18H,5,8-9H2,1H3,(H,16,19)(H4,14,15,17);1-3,5-6,10,16H,4,7-8H2,(H,17,18)(H4,13,14,15);1-2H3;2*1-2H3;2H2,1H3;1H3,(H,2,3);2*1H2;7*1H4;1H2/t11-;10-;;;;;;;;;;;;;;;/m00.............../s1. The van der Waals surface area contributed by atoms with Crippen molar-refractivity contribution in [3.05, 3.63) is 60.7 Å². The first kappa shape index (κ1) is 105. The Kier molecular flexibility index (Phi) is 145. The highest BCUT2D eigenvalue weighted by molar-refractivity contribution is 7.98. The summed E-state index contributed by atoms with van der Waals surface area (Å²) in [6, 6.07) is 17.9. The number of rotatable bonds is 17. The van der Waals surface area contributed by atoms with Gasteiger partial charge >= 0.3 is 5.97 Å². The maximum absolute atomic E-state index is 11.8. The average Bonchev–Trinajstić information content (AvgIpc) is 3.22. The lowest BCUT2D eigenvalue weighted by Crippen LogP contribution is -2.37. The van der Waals surface area contributed by atoms with Gasteiger partial charge in [0.15, 0.2) is 11.9 Å². The van der Waals surface area contributed by atoms with E-state index in [1.165, 1.54) is 37.4 Å². The largest absolute Gasteiger partial charge is 0.480 e. The lowest BCUT2D eigenvalue weighted by molar-refractivity contribution is -0.138. The van der Waals surface area contributed by atoms with Gasteiger partial charge in [0.2, 0.25) is 5.91 Å². The van der Waals surface area contributed by atoms with Crippen molar-refractivity contribution in [2.75, 3.05) is 81.6 Å². The van der Waals surface area contributed by atoms with Gasteiger partial charge in [-0.2, -0.15) is 32.2 Å². The van der Waals surface area contributed by atoms with Crippen molar-refractivity contribution >= 4 is 107 Å². The molecular weight excluding hydrogens is 965 g/mol. The van der Waals surface area contributed by atoms with E-state index in [2.05, 4.69) is 40.3 Å². The van der Waals surface area contributed by atoms with Crippen LogP contribution in [0.2, 0.25) is 0 Å². The number of hydrogen-bond acceptors (Lipinski definition) is 16. The van der Waals surface area contributed by atoms with E-state index in [0.29, 0.717) is 32.4 Å². The molecule has 0 bridgehead atoms. The number of carbonyl (C=O) groups excluding carboxylic acids is 3. The number of carboxylic acid groups (broad SMARTS) is 1. The van der Waals surface area contributed by atoms with Crippen molar-refractivity contribution in [1.29, 1.82) is 0 Å². The van der Waals surface area contributed by atoms with Crippen LogP contribution in [0.25, 0.3) is 0 Å². The molecule has 0 aliphatic heterocycles. The van der Waals surface area contributed by atoms with Crippen molar-refractivity contribution < 1.29 is 47.2 Å². The third-order valence-corrected chi connectivity index (χ3v) is 5.64. The van der Waals surface area contributed by atoms with Crippen molar-refractivity contribution in [1.82, 2.24) is 5.32 Å². The molecule has 0 aliphatic carbocycles. The minimum Gasteiger partial charge on any atom is -0.480 e. The topological polar surface area (TPSA) is 367 Å². The van der Waals surface area contributed by atoms with Crippen molar-refractivity contribution in [2.45, 2.75) is 89.8 Å². The van der Waals surface area contributed by atoms with Gasteiger partial charge in [0, 0.05) is 74.4 Å². The molecule has 0 saturated heterocycles. The van der Waals surface area contributed by atoms with Crippen LogP contribution in [-0.4, -0.2) is 140 Å². The minimum atomic E-state index is -1.61. The van der Waals surface area contributed by atoms with Crippen LogP contribution in [0.4, 0.5) is 11.4 Å². The lowest BCUT2D eigenvalue weighted by atomic mass is 10.1. The molecule has 1 amide bonds. The number of aliphatic imine (C=N–C) groups is 2. The second-order valence-corrected chi connectivity index (χ2v) is 13.1. The Morgan fingerprint density at radius 2 is 0.910 bits per heavy atom. The van der Waals surface area contributed by atoms with Crippen LogP contribution in [-0.2, 0) is 38.9 Å². The van der Waals surface area contributed by atoms with Gasteiger partial charge in [-0.05, 0) is 82.0 Å². The zero-order valence-corrected chi connectivity index (χ0v) is 40.2. The number of amides is 1. The first-order chi connectivity index (χ1) is 28.2. The average molecular weight is 1070 g/mol. The van der Waals surface area contributed by atoms with E-state index in [-0.39, 0.29) is 81.3 Å². The zero-order chi connectivity index (χ0) is 47.3. The van der Waals surface area contributed by atoms with Gasteiger partial charge in [0.05, 0.1) is 0 Å². The molecule has 1 unspecified atom stereocenters. The smallest absolute Gasteiger partial charge is 0.326 e. The summed E-state index contributed by atoms with van der Waals surface area (Å²) in [6.45, 7) is 4.95. The highest BCUT2D eigenvalue weighted by Gasteiger charge is 2.17. The summed E-state index contributed by atoms with van der Waals surface area (Å²) in [6.07, 6.45) is 15.4. The van der Waals surface area contributed by atoms with Crippen LogP contribution in [0, 0.1) is 0 Å². The molecule has 0 aliphatic rings. The molecule has 2 aromatic rings. The molecule has 67 heavy (non-hydrogen) atoms. The van der Waals surface area contributed by atoms with E-state index in [1.54, 1.807) is 43.1 Å². The predicted octanol–water partition coefficient (Wildman–Crippen LogP) is 6.99. The predicted molar refractivity (Wildman–Crippen MR) is 309 cm³/mol. The van der Waals surface area contributed by atoms with E-state index in [4.69, 9.17) is 46.4 Å². The summed E-state index contributed by atoms with van der Waals surface area (Å²) in [5, 5.41) is 17.9. The molecule has 408 valence electrons. The summed E-state index contributed by atoms with van der Waals surface area (Å²) in [5.74, 6) is -0.831. The molecular formula is C42H100N10O10S5. The van der Waals surface area contributed by atoms with Gasteiger partial charge in [0.25, 0.3) is 0 Å². The number of anilines is 2. The van der Waals surface area contributed by atoms with Gasteiger partial charge in [-0.3, -0.25) is 14.8 Å². The Bertz CT molecular complexity index is 1240. The van der Waals surface area contributed by atoms with E-state index in [1.807, 2.05) is 99.3 Å². The van der Waals surface area contributed by atoms with Crippen LogP contribution < -0.4 is 44.6 Å². The summed E-state index contributed by atoms with van der Waals surface area (Å²) >= 11 is 4.26. The number of aliphatic carboxylic acids is 1. The molecule has 0 spiro atoms. The number of benzene rings is 2. The van der Waals surface area contributed by atoms with Crippen molar-refractivity contribution in [3.8, 4) is 0 Å². The van der Waals surface area contributed by atoms with E-state index in [9.17, 15) is 9.59 Å². The monoisotopic (exact) mass is 1060 g/mol. The number of para-hydroxylation sites is 2. The maximum Gasteiger partial charge on any atom is 0.326 e. The van der Waals surface area contributed by atoms with Crippen molar-refractivity contribution in [2.24, 2.45) is 38.7 Å². The number of thioether (sulfide) groups is 2. The normalized spacial score (nSPS) is 8.82. The van der Waals surface area contributed by atoms with Crippen LogP contribution >= 0.6 is 47.6 Å². The maximum atomic E-state index is 11.8. The summed E-state index contributed by atoms with van der Waals surface area (Å²) in [5.41, 5.74) is 27.1. The SMILES string of the molecule is C.C.C.C.C.C.C.C=O.C=O.CN.CNC(=O)[C@H](CCCN=C(N)N)Nc1ccccc1.CS(=O)O.CSC.CSC.CSOOSC.NC(N)=NCCC[C@H](Nc1ccccc1)C(=O)O.O. The molecule has 25 heteroatoms. The third kappa shape index (κ3) is 101. The van der Waals surface area contributed by atoms with Crippen LogP contribution in [0.15, 0.2) is 70.6 Å². The molecule has 2 rings (SSSR count). The number of nitrogens with one attached hydrogen (secondary N) is 3. The fourth-order valence-corrected chi connectivity index (χ4v) is 3.68. The molecule has 3 atom stereocenters. The highest BCUT2D eigenvalue weighted by Crippen LogP contribution is 2.12. The Morgan fingerprint density at radius 3 is 1.13 bits per heavy atom. The number of nitrogens with zero attached hydrogens (tertiary/aromatic N) is 2. The molecule has 0 heterocycles. The first-order valence-electron chi connectivity index (χ1n) is 16.8. The van der Waals surface area contributed by atoms with Gasteiger partial charge in [-0.1, -0.05) is 88.4 Å². The second kappa shape index (κ2) is 92.5. The van der Waals surface area contributed by atoms with E-state index < -0.39 is 23.1 Å². The van der Waals surface area contributed by atoms with Gasteiger partial charge < -0.3 is 69.3 Å². The molecule has 17 N–H and O–H groups in total. The number of guanidine groups is 2. The number of nitrogens with two attached hydrogens (primary N) is 5. The Labute approximate surface area is 428 Å². The highest BCUT2D eigenvalue weighted by atomic mass is 32.2.